The van der Waals surface area contributed by atoms with E-state index in [9.17, 15) is 9.18 Å². The lowest BCUT2D eigenvalue weighted by Gasteiger charge is -2.08. The first kappa shape index (κ1) is 11.8. The summed E-state index contributed by atoms with van der Waals surface area (Å²) >= 11 is 1.20. The molecule has 0 atom stereocenters. The zero-order valence-electron chi connectivity index (χ0n) is 8.67. The Hall–Kier alpha value is -1.23. The zero-order chi connectivity index (χ0) is 11.4. The van der Waals surface area contributed by atoms with Crippen LogP contribution in [0.3, 0.4) is 0 Å². The summed E-state index contributed by atoms with van der Waals surface area (Å²) in [6.07, 6.45) is 1.72. The number of rotatable bonds is 3. The third-order valence-electron chi connectivity index (χ3n) is 1.87. The lowest BCUT2D eigenvalue weighted by molar-refractivity contribution is 0.0600. The average Bonchev–Trinajstić information content (AvgIpc) is 2.28. The highest BCUT2D eigenvalue weighted by Crippen LogP contribution is 2.29. The number of benzene rings is 1. The molecule has 0 fully saturated rings. The maximum absolute atomic E-state index is 13.5. The Kier molecular flexibility index (Phi) is 3.96. The molecule has 1 aromatic carbocycles. The fourth-order valence-electron chi connectivity index (χ4n) is 1.11. The van der Waals surface area contributed by atoms with Gasteiger partial charge in [-0.05, 0) is 18.4 Å². The number of methoxy groups -OCH3 is 2. The minimum absolute atomic E-state index is 0.0438. The molecule has 0 amide bonds. The summed E-state index contributed by atoms with van der Waals surface area (Å²) in [6.45, 7) is 0. The average molecular weight is 230 g/mol. The van der Waals surface area contributed by atoms with Crippen molar-refractivity contribution in [3.63, 3.8) is 0 Å². The highest BCUT2D eigenvalue weighted by molar-refractivity contribution is 7.98. The highest BCUT2D eigenvalue weighted by Gasteiger charge is 2.15. The van der Waals surface area contributed by atoms with Gasteiger partial charge in [0.15, 0.2) is 11.6 Å². The predicted octanol–water partition coefficient (Wildman–Crippen LogP) is 2.34. The van der Waals surface area contributed by atoms with Crippen molar-refractivity contribution in [1.82, 2.24) is 0 Å². The quantitative estimate of drug-likeness (QED) is 0.590. The zero-order valence-corrected chi connectivity index (χ0v) is 9.48. The SMILES string of the molecule is COC(=O)c1cc(OC)c(F)c(SC)c1. The van der Waals surface area contributed by atoms with Crippen molar-refractivity contribution in [3.05, 3.63) is 23.5 Å². The second-order valence-corrected chi connectivity index (χ2v) is 3.53. The van der Waals surface area contributed by atoms with Crippen LogP contribution in [0, 0.1) is 5.82 Å². The van der Waals surface area contributed by atoms with Crippen LogP contribution in [-0.4, -0.2) is 26.4 Å². The van der Waals surface area contributed by atoms with Crippen molar-refractivity contribution in [1.29, 1.82) is 0 Å². The molecule has 1 rings (SSSR count). The van der Waals surface area contributed by atoms with Crippen molar-refractivity contribution in [2.75, 3.05) is 20.5 Å². The van der Waals surface area contributed by atoms with Crippen LogP contribution in [0.15, 0.2) is 17.0 Å². The molecule has 0 bridgehead atoms. The van der Waals surface area contributed by atoms with Gasteiger partial charge >= 0.3 is 5.97 Å². The molecule has 0 N–H and O–H groups in total. The molecule has 0 aliphatic rings. The first-order valence-corrected chi connectivity index (χ1v) is 5.36. The fourth-order valence-corrected chi connectivity index (χ4v) is 1.63. The number of hydrogen-bond donors (Lipinski definition) is 0. The number of hydrogen-bond acceptors (Lipinski definition) is 4. The molecular formula is C10H11FO3S. The van der Waals surface area contributed by atoms with E-state index in [0.717, 1.165) is 0 Å². The fraction of sp³-hybridized carbons (Fsp3) is 0.300. The van der Waals surface area contributed by atoms with E-state index in [0.29, 0.717) is 4.90 Å². The summed E-state index contributed by atoms with van der Waals surface area (Å²) in [5.41, 5.74) is 0.278. The molecule has 0 radical (unpaired) electrons. The Morgan fingerprint density at radius 2 is 2.07 bits per heavy atom. The van der Waals surface area contributed by atoms with E-state index in [4.69, 9.17) is 4.74 Å². The van der Waals surface area contributed by atoms with Gasteiger partial charge in [-0.2, -0.15) is 0 Å². The Balaban J connectivity index is 3.26. The van der Waals surface area contributed by atoms with Crippen LogP contribution in [0.1, 0.15) is 10.4 Å². The van der Waals surface area contributed by atoms with Gasteiger partial charge in [0, 0.05) is 4.90 Å². The van der Waals surface area contributed by atoms with E-state index in [2.05, 4.69) is 4.74 Å². The van der Waals surface area contributed by atoms with E-state index in [1.807, 2.05) is 0 Å². The monoisotopic (exact) mass is 230 g/mol. The van der Waals surface area contributed by atoms with Crippen LogP contribution in [-0.2, 0) is 4.74 Å². The molecule has 0 aromatic heterocycles. The van der Waals surface area contributed by atoms with Gasteiger partial charge in [0.1, 0.15) is 0 Å². The maximum atomic E-state index is 13.5. The highest BCUT2D eigenvalue weighted by atomic mass is 32.2. The van der Waals surface area contributed by atoms with E-state index in [-0.39, 0.29) is 11.3 Å². The molecule has 0 saturated heterocycles. The molecular weight excluding hydrogens is 219 g/mol. The molecule has 0 spiro atoms. The summed E-state index contributed by atoms with van der Waals surface area (Å²) in [5, 5.41) is 0. The maximum Gasteiger partial charge on any atom is 0.338 e. The minimum Gasteiger partial charge on any atom is -0.494 e. The first-order valence-electron chi connectivity index (χ1n) is 4.13. The molecule has 82 valence electrons. The second kappa shape index (κ2) is 5.02. The summed E-state index contributed by atoms with van der Waals surface area (Å²) in [6, 6.07) is 2.76. The second-order valence-electron chi connectivity index (χ2n) is 2.69. The largest absolute Gasteiger partial charge is 0.494 e. The molecule has 0 aliphatic carbocycles. The third kappa shape index (κ3) is 2.41. The normalized spacial score (nSPS) is 9.87. The van der Waals surface area contributed by atoms with Gasteiger partial charge in [-0.15, -0.1) is 11.8 Å². The number of thioether (sulfide) groups is 1. The molecule has 3 nitrogen and oxygen atoms in total. The van der Waals surface area contributed by atoms with E-state index < -0.39 is 11.8 Å². The van der Waals surface area contributed by atoms with Crippen LogP contribution >= 0.6 is 11.8 Å². The van der Waals surface area contributed by atoms with Crippen LogP contribution < -0.4 is 4.74 Å². The predicted molar refractivity (Wildman–Crippen MR) is 56.1 cm³/mol. The van der Waals surface area contributed by atoms with Gasteiger partial charge in [0.2, 0.25) is 0 Å². The van der Waals surface area contributed by atoms with Crippen LogP contribution in [0.2, 0.25) is 0 Å². The topological polar surface area (TPSA) is 35.5 Å². The summed E-state index contributed by atoms with van der Waals surface area (Å²) < 4.78 is 22.9. The van der Waals surface area contributed by atoms with Crippen molar-refractivity contribution in [2.24, 2.45) is 0 Å². The molecule has 0 aliphatic heterocycles. The van der Waals surface area contributed by atoms with Crippen LogP contribution in [0.25, 0.3) is 0 Å². The molecule has 1 aromatic rings. The van der Waals surface area contributed by atoms with Gasteiger partial charge in [0.25, 0.3) is 0 Å². The number of esters is 1. The van der Waals surface area contributed by atoms with Gasteiger partial charge in [-0.25, -0.2) is 9.18 Å². The van der Waals surface area contributed by atoms with Gasteiger partial charge < -0.3 is 9.47 Å². The Morgan fingerprint density at radius 1 is 1.40 bits per heavy atom. The van der Waals surface area contributed by atoms with Crippen molar-refractivity contribution in [2.45, 2.75) is 4.90 Å². The van der Waals surface area contributed by atoms with E-state index >= 15 is 0 Å². The number of halogens is 1. The van der Waals surface area contributed by atoms with Crippen molar-refractivity contribution in [3.8, 4) is 5.75 Å². The molecule has 5 heteroatoms. The number of ether oxygens (including phenoxy) is 2. The number of carbonyl (C=O) groups excluding carboxylic acids is 1. The summed E-state index contributed by atoms with van der Waals surface area (Å²) in [4.78, 5) is 11.6. The Labute approximate surface area is 91.6 Å². The third-order valence-corrected chi connectivity index (χ3v) is 2.60. The van der Waals surface area contributed by atoms with Gasteiger partial charge in [0.05, 0.1) is 19.8 Å². The van der Waals surface area contributed by atoms with Crippen LogP contribution in [0.4, 0.5) is 4.39 Å². The molecule has 0 saturated carbocycles. The van der Waals surface area contributed by atoms with E-state index in [1.54, 1.807) is 6.26 Å². The molecule has 15 heavy (non-hydrogen) atoms. The number of carbonyl (C=O) groups is 1. The Bertz CT molecular complexity index is 354. The molecule has 0 heterocycles. The first-order chi connectivity index (χ1) is 7.13. The Morgan fingerprint density at radius 3 is 2.53 bits per heavy atom. The van der Waals surface area contributed by atoms with Crippen molar-refractivity contribution >= 4 is 17.7 Å². The lowest BCUT2D eigenvalue weighted by Crippen LogP contribution is -2.03. The lowest BCUT2D eigenvalue weighted by atomic mass is 10.2. The smallest absolute Gasteiger partial charge is 0.338 e. The molecule has 0 unspecified atom stereocenters. The van der Waals surface area contributed by atoms with Gasteiger partial charge in [-0.3, -0.25) is 0 Å². The van der Waals surface area contributed by atoms with E-state index in [1.165, 1.54) is 38.1 Å². The standard InChI is InChI=1S/C10H11FO3S/c1-13-7-4-6(10(12)14-2)5-8(15-3)9(7)11/h4-5H,1-3H3. The van der Waals surface area contributed by atoms with Gasteiger partial charge in [-0.1, -0.05) is 0 Å². The summed E-state index contributed by atoms with van der Waals surface area (Å²) in [5.74, 6) is -0.927. The minimum atomic E-state index is -0.511. The van der Waals surface area contributed by atoms with Crippen molar-refractivity contribution < 1.29 is 18.7 Å². The van der Waals surface area contributed by atoms with Crippen LogP contribution in [0.5, 0.6) is 5.75 Å². The summed E-state index contributed by atoms with van der Waals surface area (Å²) in [7, 11) is 2.63.